The van der Waals surface area contributed by atoms with Crippen molar-refractivity contribution >= 4 is 50.7 Å². The molecule has 4 atom stereocenters. The highest BCUT2D eigenvalue weighted by Crippen LogP contribution is 2.54. The molecule has 0 aromatic carbocycles. The average molecular weight is 459 g/mol. The Balaban J connectivity index is 1.84. The zero-order valence-electron chi connectivity index (χ0n) is 15.6. The number of thioether (sulfide) groups is 1. The maximum absolute atomic E-state index is 12.7. The lowest BCUT2D eigenvalue weighted by Crippen LogP contribution is -2.79. The summed E-state index contributed by atoms with van der Waals surface area (Å²) in [6.45, 7) is 3.30. The molecule has 156 valence electrons. The Labute approximate surface area is 175 Å². The lowest BCUT2D eigenvalue weighted by Gasteiger charge is -2.49. The number of hydrogen-bond donors (Lipinski definition) is 3. The van der Waals surface area contributed by atoms with Gasteiger partial charge in [0.2, 0.25) is 11.4 Å². The van der Waals surface area contributed by atoms with Crippen molar-refractivity contribution in [2.24, 2.45) is 5.73 Å². The third-order valence-electron chi connectivity index (χ3n) is 4.89. The molecule has 1 aromatic rings. The molecule has 1 unspecified atom stereocenters. The number of thiophene rings is 1. The predicted molar refractivity (Wildman–Crippen MR) is 105 cm³/mol. The molecule has 0 saturated carbocycles. The fourth-order valence-corrected chi connectivity index (χ4v) is 7.07. The maximum Gasteiger partial charge on any atom is 0.327 e. The number of amides is 2. The van der Waals surface area contributed by atoms with E-state index in [0.29, 0.717) is 0 Å². The molecule has 0 bridgehead atoms. The summed E-state index contributed by atoms with van der Waals surface area (Å²) < 4.78 is 22.3. The highest BCUT2D eigenvalue weighted by molar-refractivity contribution is 8.01. The summed E-state index contributed by atoms with van der Waals surface area (Å²) in [7, 11) is -3.47. The molecule has 0 aliphatic carbocycles. The van der Waals surface area contributed by atoms with Crippen LogP contribution in [0.5, 0.6) is 0 Å². The third kappa shape index (κ3) is 3.20. The standard InChI is InChI=1S/C16H18N4O6S3/c1-15(2)10(12(22)23)20-13(24)16(6-17,14(20)28-15)19-11(21)9(18)8-4-7(5-27-8)29(3,25)26/h4-5,9-10,14H,18H2,1-3H3,(H,19,21)(H,22,23)/t9?,10-,14+,16-/m0/s1. The SMILES string of the molecule is CC1(C)S[C@H]2N(C(=O)[C@]2(C#N)NC(=O)C(N)c2cc(S(C)(=O)=O)cs2)[C@H]1C(=O)O. The second kappa shape index (κ2) is 6.69. The number of nitrogens with zero attached hydrogens (tertiary/aromatic N) is 2. The Kier molecular flexibility index (Phi) is 4.98. The number of nitrogens with one attached hydrogen (secondary N) is 1. The summed E-state index contributed by atoms with van der Waals surface area (Å²) in [5.41, 5.74) is 3.98. The summed E-state index contributed by atoms with van der Waals surface area (Å²) in [4.78, 5) is 38.3. The summed E-state index contributed by atoms with van der Waals surface area (Å²) >= 11 is 2.09. The fraction of sp³-hybridized carbons (Fsp3) is 0.500. The minimum absolute atomic E-state index is 0.0130. The first kappa shape index (κ1) is 21.6. The molecule has 2 amide bonds. The van der Waals surface area contributed by atoms with Gasteiger partial charge in [-0.3, -0.25) is 9.59 Å². The monoisotopic (exact) mass is 458 g/mol. The van der Waals surface area contributed by atoms with E-state index in [2.05, 4.69) is 5.32 Å². The van der Waals surface area contributed by atoms with Crippen molar-refractivity contribution < 1.29 is 27.9 Å². The van der Waals surface area contributed by atoms with Crippen LogP contribution in [0.4, 0.5) is 0 Å². The zero-order chi connectivity index (χ0) is 21.9. The van der Waals surface area contributed by atoms with Crippen LogP contribution in [0.1, 0.15) is 24.8 Å². The van der Waals surface area contributed by atoms with E-state index in [9.17, 15) is 33.2 Å². The van der Waals surface area contributed by atoms with Crippen LogP contribution in [0, 0.1) is 11.3 Å². The minimum atomic E-state index is -3.47. The molecule has 0 radical (unpaired) electrons. The Morgan fingerprint density at radius 3 is 2.55 bits per heavy atom. The molecular formula is C16H18N4O6S3. The first-order chi connectivity index (χ1) is 13.3. The number of nitrogens with two attached hydrogens (primary N) is 1. The summed E-state index contributed by atoms with van der Waals surface area (Å²) in [6, 6.07) is 0.658. The molecule has 13 heteroatoms. The van der Waals surface area contributed by atoms with Gasteiger partial charge < -0.3 is 21.1 Å². The van der Waals surface area contributed by atoms with Gasteiger partial charge in [-0.05, 0) is 19.9 Å². The molecule has 4 N–H and O–H groups in total. The van der Waals surface area contributed by atoms with Gasteiger partial charge in [-0.1, -0.05) is 0 Å². The van der Waals surface area contributed by atoms with Crippen molar-refractivity contribution in [3.63, 3.8) is 0 Å². The van der Waals surface area contributed by atoms with Gasteiger partial charge in [-0.2, -0.15) is 5.26 Å². The third-order valence-corrected chi connectivity index (χ3v) is 8.78. The van der Waals surface area contributed by atoms with Crippen LogP contribution in [0.2, 0.25) is 0 Å². The topological polar surface area (TPSA) is 171 Å². The molecule has 3 rings (SSSR count). The Morgan fingerprint density at radius 1 is 1.45 bits per heavy atom. The number of carbonyl (C=O) groups is 3. The molecule has 2 saturated heterocycles. The molecule has 29 heavy (non-hydrogen) atoms. The number of carboxylic acids is 1. The molecule has 2 fully saturated rings. The molecule has 2 aliphatic heterocycles. The van der Waals surface area contributed by atoms with Gasteiger partial charge in [-0.25, -0.2) is 13.2 Å². The second-order valence-corrected chi connectivity index (χ2v) is 12.1. The summed E-state index contributed by atoms with van der Waals surface area (Å²) in [6.07, 6.45) is 1.02. The minimum Gasteiger partial charge on any atom is -0.480 e. The number of hydrogen-bond acceptors (Lipinski definition) is 9. The van der Waals surface area contributed by atoms with Crippen molar-refractivity contribution in [2.45, 2.75) is 46.5 Å². The predicted octanol–water partition coefficient (Wildman–Crippen LogP) is -0.323. The average Bonchev–Trinajstić information content (AvgIpc) is 3.20. The highest BCUT2D eigenvalue weighted by Gasteiger charge is 2.73. The smallest absolute Gasteiger partial charge is 0.327 e. The molecule has 0 spiro atoms. The molecule has 2 aliphatic rings. The number of β-lactam (4-membered cyclic amide) rings is 1. The molecule has 3 heterocycles. The maximum atomic E-state index is 12.7. The van der Waals surface area contributed by atoms with Gasteiger partial charge in [0.15, 0.2) is 9.84 Å². The van der Waals surface area contributed by atoms with E-state index >= 15 is 0 Å². The van der Waals surface area contributed by atoms with E-state index in [1.165, 1.54) is 11.4 Å². The second-order valence-electron chi connectivity index (χ2n) is 7.37. The van der Waals surface area contributed by atoms with Crippen LogP contribution >= 0.6 is 23.1 Å². The quantitative estimate of drug-likeness (QED) is 0.500. The summed E-state index contributed by atoms with van der Waals surface area (Å²) in [5, 5.41) is 22.0. The van der Waals surface area contributed by atoms with Gasteiger partial charge >= 0.3 is 5.97 Å². The number of sulfone groups is 1. The van der Waals surface area contributed by atoms with Gasteiger partial charge in [0, 0.05) is 21.3 Å². The Hall–Kier alpha value is -2.14. The number of nitriles is 1. The van der Waals surface area contributed by atoms with Crippen LogP contribution in [0.25, 0.3) is 0 Å². The molecule has 10 nitrogen and oxygen atoms in total. The normalized spacial score (nSPS) is 28.8. The van der Waals surface area contributed by atoms with Crippen molar-refractivity contribution in [1.29, 1.82) is 5.26 Å². The fourth-order valence-electron chi connectivity index (χ4n) is 3.40. The number of carboxylic acid groups (broad SMARTS) is 1. The Bertz CT molecular complexity index is 1060. The van der Waals surface area contributed by atoms with E-state index < -0.39 is 55.4 Å². The van der Waals surface area contributed by atoms with Gasteiger partial charge in [-0.15, -0.1) is 23.1 Å². The van der Waals surface area contributed by atoms with Crippen LogP contribution in [-0.2, 0) is 24.2 Å². The van der Waals surface area contributed by atoms with E-state index in [-0.39, 0.29) is 9.77 Å². The molecular weight excluding hydrogens is 440 g/mol. The number of fused-ring (bicyclic) bond motifs is 1. The van der Waals surface area contributed by atoms with Gasteiger partial charge in [0.1, 0.15) is 23.5 Å². The van der Waals surface area contributed by atoms with E-state index in [1.807, 2.05) is 6.07 Å². The number of rotatable bonds is 5. The van der Waals surface area contributed by atoms with E-state index in [4.69, 9.17) is 5.73 Å². The first-order valence-electron chi connectivity index (χ1n) is 8.27. The van der Waals surface area contributed by atoms with Gasteiger partial charge in [0.25, 0.3) is 5.91 Å². The Morgan fingerprint density at radius 2 is 2.07 bits per heavy atom. The highest BCUT2D eigenvalue weighted by atomic mass is 32.2. The lowest BCUT2D eigenvalue weighted by molar-refractivity contribution is -0.165. The van der Waals surface area contributed by atoms with Crippen molar-refractivity contribution in [1.82, 2.24) is 10.2 Å². The van der Waals surface area contributed by atoms with Crippen LogP contribution < -0.4 is 11.1 Å². The molecule has 1 aromatic heterocycles. The van der Waals surface area contributed by atoms with E-state index in [0.717, 1.165) is 34.3 Å². The largest absolute Gasteiger partial charge is 0.480 e. The zero-order valence-corrected chi connectivity index (χ0v) is 18.0. The summed E-state index contributed by atoms with van der Waals surface area (Å²) in [5.74, 6) is -2.84. The van der Waals surface area contributed by atoms with Crippen LogP contribution in [-0.4, -0.2) is 64.2 Å². The van der Waals surface area contributed by atoms with Crippen LogP contribution in [0.15, 0.2) is 16.3 Å². The van der Waals surface area contributed by atoms with E-state index in [1.54, 1.807) is 13.8 Å². The van der Waals surface area contributed by atoms with Crippen LogP contribution in [0.3, 0.4) is 0 Å². The first-order valence-corrected chi connectivity index (χ1v) is 11.9. The van der Waals surface area contributed by atoms with Crippen molar-refractivity contribution in [2.75, 3.05) is 6.26 Å². The number of carbonyl (C=O) groups excluding carboxylic acids is 2. The van der Waals surface area contributed by atoms with Crippen molar-refractivity contribution in [3.8, 4) is 6.07 Å². The van der Waals surface area contributed by atoms with Crippen molar-refractivity contribution in [3.05, 3.63) is 16.3 Å². The van der Waals surface area contributed by atoms with Gasteiger partial charge in [0.05, 0.1) is 4.90 Å². The number of aliphatic carboxylic acids is 1. The lowest BCUT2D eigenvalue weighted by atomic mass is 9.85.